The van der Waals surface area contributed by atoms with Gasteiger partial charge in [-0.05, 0) is 46.2 Å². The molecule has 2 rings (SSSR count). The van der Waals surface area contributed by atoms with Crippen molar-refractivity contribution in [2.24, 2.45) is 0 Å². The molecule has 6 heteroatoms. The Morgan fingerprint density at radius 2 is 2.04 bits per heavy atom. The van der Waals surface area contributed by atoms with Gasteiger partial charge in [0.1, 0.15) is 5.75 Å². The molecule has 6 nitrogen and oxygen atoms in total. The van der Waals surface area contributed by atoms with Gasteiger partial charge in [-0.1, -0.05) is 12.1 Å². The van der Waals surface area contributed by atoms with Crippen LogP contribution in [0.1, 0.15) is 40.5 Å². The fourth-order valence-corrected chi connectivity index (χ4v) is 2.66. The number of rotatable bonds is 8. The average Bonchev–Trinajstić information content (AvgIpc) is 2.54. The monoisotopic (exact) mass is 348 g/mol. The van der Waals surface area contributed by atoms with Crippen molar-refractivity contribution in [3.63, 3.8) is 0 Å². The standard InChI is InChI=1S/C19H28N2O4/c1-14(2)24-13-7-11-20-17(22)10-12-21-15-8-5-6-9-16(15)25-19(3,4)18(21)23/h5-6,8-9,14H,7,10-13H2,1-4H3,(H,20,22). The van der Waals surface area contributed by atoms with E-state index in [0.29, 0.717) is 31.1 Å². The van der Waals surface area contributed by atoms with Gasteiger partial charge in [0, 0.05) is 26.1 Å². The van der Waals surface area contributed by atoms with E-state index in [4.69, 9.17) is 9.47 Å². The Balaban J connectivity index is 1.87. The minimum absolute atomic E-state index is 0.0703. The van der Waals surface area contributed by atoms with Gasteiger partial charge in [0.25, 0.3) is 5.91 Å². The summed E-state index contributed by atoms with van der Waals surface area (Å²) in [4.78, 5) is 26.3. The van der Waals surface area contributed by atoms with E-state index in [9.17, 15) is 9.59 Å². The van der Waals surface area contributed by atoms with E-state index in [1.165, 1.54) is 0 Å². The molecule has 25 heavy (non-hydrogen) atoms. The highest BCUT2D eigenvalue weighted by Gasteiger charge is 2.40. The van der Waals surface area contributed by atoms with E-state index in [-0.39, 0.29) is 24.3 Å². The Morgan fingerprint density at radius 3 is 2.76 bits per heavy atom. The van der Waals surface area contributed by atoms with Crippen LogP contribution in [0.5, 0.6) is 5.75 Å². The van der Waals surface area contributed by atoms with E-state index in [1.54, 1.807) is 18.7 Å². The molecular weight excluding hydrogens is 320 g/mol. The predicted molar refractivity (Wildman–Crippen MR) is 96.8 cm³/mol. The van der Waals surface area contributed by atoms with Crippen LogP contribution in [-0.2, 0) is 14.3 Å². The molecule has 0 saturated carbocycles. The number of hydrogen-bond acceptors (Lipinski definition) is 4. The second-order valence-corrected chi connectivity index (χ2v) is 6.91. The van der Waals surface area contributed by atoms with Gasteiger partial charge in [-0.2, -0.15) is 0 Å². The number of benzene rings is 1. The van der Waals surface area contributed by atoms with Gasteiger partial charge in [-0.25, -0.2) is 0 Å². The lowest BCUT2D eigenvalue weighted by Gasteiger charge is -2.38. The maximum atomic E-state index is 12.6. The topological polar surface area (TPSA) is 67.9 Å². The SMILES string of the molecule is CC(C)OCCCNC(=O)CCN1C(=O)C(C)(C)Oc2ccccc21. The molecule has 0 radical (unpaired) electrons. The molecule has 0 aliphatic carbocycles. The molecule has 1 aromatic carbocycles. The van der Waals surface area contributed by atoms with E-state index < -0.39 is 5.60 Å². The maximum absolute atomic E-state index is 12.6. The molecule has 0 unspecified atom stereocenters. The summed E-state index contributed by atoms with van der Waals surface area (Å²) in [5.74, 6) is 0.460. The van der Waals surface area contributed by atoms with Crippen LogP contribution in [0.4, 0.5) is 5.69 Å². The number of nitrogens with zero attached hydrogens (tertiary/aromatic N) is 1. The minimum atomic E-state index is -0.932. The molecule has 0 fully saturated rings. The molecule has 1 aliphatic rings. The van der Waals surface area contributed by atoms with Gasteiger partial charge in [0.15, 0.2) is 5.60 Å². The third-order valence-corrected chi connectivity index (χ3v) is 3.94. The lowest BCUT2D eigenvalue weighted by atomic mass is 10.0. The third kappa shape index (κ3) is 5.19. The van der Waals surface area contributed by atoms with Gasteiger partial charge in [0.2, 0.25) is 5.91 Å². The Bertz CT molecular complexity index is 613. The first kappa shape index (κ1) is 19.2. The number of anilines is 1. The van der Waals surface area contributed by atoms with Crippen molar-refractivity contribution in [3.8, 4) is 5.75 Å². The molecule has 0 saturated heterocycles. The van der Waals surface area contributed by atoms with Crippen LogP contribution in [0.3, 0.4) is 0 Å². The van der Waals surface area contributed by atoms with Crippen molar-refractivity contribution in [2.45, 2.75) is 52.2 Å². The van der Waals surface area contributed by atoms with Crippen LogP contribution in [-0.4, -0.2) is 43.2 Å². The smallest absolute Gasteiger partial charge is 0.270 e. The van der Waals surface area contributed by atoms with Gasteiger partial charge >= 0.3 is 0 Å². The Hall–Kier alpha value is -2.08. The highest BCUT2D eigenvalue weighted by atomic mass is 16.5. The number of carbonyl (C=O) groups excluding carboxylic acids is 2. The van der Waals surface area contributed by atoms with Crippen LogP contribution in [0.2, 0.25) is 0 Å². The molecule has 1 N–H and O–H groups in total. The molecule has 0 atom stereocenters. The molecule has 138 valence electrons. The number of ether oxygens (including phenoxy) is 2. The molecule has 1 aromatic rings. The number of amides is 2. The van der Waals surface area contributed by atoms with Crippen LogP contribution in [0.25, 0.3) is 0 Å². The first-order valence-corrected chi connectivity index (χ1v) is 8.79. The Kier molecular flexibility index (Phi) is 6.42. The van der Waals surface area contributed by atoms with Crippen molar-refractivity contribution in [1.29, 1.82) is 0 Å². The van der Waals surface area contributed by atoms with Crippen molar-refractivity contribution < 1.29 is 19.1 Å². The zero-order valence-corrected chi connectivity index (χ0v) is 15.5. The van der Waals surface area contributed by atoms with E-state index in [2.05, 4.69) is 5.32 Å². The van der Waals surface area contributed by atoms with Gasteiger partial charge in [-0.3, -0.25) is 9.59 Å². The van der Waals surface area contributed by atoms with E-state index >= 15 is 0 Å². The van der Waals surface area contributed by atoms with Crippen molar-refractivity contribution in [2.75, 3.05) is 24.6 Å². The fraction of sp³-hybridized carbons (Fsp3) is 0.579. The largest absolute Gasteiger partial charge is 0.476 e. The summed E-state index contributed by atoms with van der Waals surface area (Å²) in [6.45, 7) is 8.98. The first-order valence-electron chi connectivity index (χ1n) is 8.79. The maximum Gasteiger partial charge on any atom is 0.270 e. The van der Waals surface area contributed by atoms with Gasteiger partial charge in [0.05, 0.1) is 11.8 Å². The highest BCUT2D eigenvalue weighted by molar-refractivity contribution is 6.02. The highest BCUT2D eigenvalue weighted by Crippen LogP contribution is 2.37. The van der Waals surface area contributed by atoms with Crippen LogP contribution in [0.15, 0.2) is 24.3 Å². The average molecular weight is 348 g/mol. The zero-order chi connectivity index (χ0) is 18.4. The summed E-state index contributed by atoms with van der Waals surface area (Å²) >= 11 is 0. The molecular formula is C19H28N2O4. The summed E-state index contributed by atoms with van der Waals surface area (Å²) in [6.07, 6.45) is 1.23. The number of nitrogens with one attached hydrogen (secondary N) is 1. The zero-order valence-electron chi connectivity index (χ0n) is 15.5. The van der Waals surface area contributed by atoms with Crippen molar-refractivity contribution >= 4 is 17.5 Å². The first-order chi connectivity index (χ1) is 11.8. The molecule has 1 heterocycles. The summed E-state index contributed by atoms with van der Waals surface area (Å²) < 4.78 is 11.2. The second kappa shape index (κ2) is 8.34. The Morgan fingerprint density at radius 1 is 1.32 bits per heavy atom. The summed E-state index contributed by atoms with van der Waals surface area (Å²) in [5.41, 5.74) is -0.219. The quantitative estimate of drug-likeness (QED) is 0.733. The second-order valence-electron chi connectivity index (χ2n) is 6.91. The van der Waals surface area contributed by atoms with Crippen LogP contribution < -0.4 is 15.0 Å². The predicted octanol–water partition coefficient (Wildman–Crippen LogP) is 2.51. The molecule has 1 aliphatic heterocycles. The number of carbonyl (C=O) groups is 2. The number of para-hydroxylation sites is 2. The van der Waals surface area contributed by atoms with Crippen LogP contribution >= 0.6 is 0 Å². The summed E-state index contributed by atoms with van der Waals surface area (Å²) in [7, 11) is 0. The normalized spacial score (nSPS) is 15.7. The summed E-state index contributed by atoms with van der Waals surface area (Å²) in [5, 5.41) is 2.87. The lowest BCUT2D eigenvalue weighted by molar-refractivity contribution is -0.132. The minimum Gasteiger partial charge on any atom is -0.476 e. The number of fused-ring (bicyclic) bond motifs is 1. The lowest BCUT2D eigenvalue weighted by Crippen LogP contribution is -2.53. The van der Waals surface area contributed by atoms with E-state index in [1.807, 2.05) is 38.1 Å². The third-order valence-electron chi connectivity index (χ3n) is 3.94. The van der Waals surface area contributed by atoms with Gasteiger partial charge < -0.3 is 19.7 Å². The van der Waals surface area contributed by atoms with Crippen molar-refractivity contribution in [1.82, 2.24) is 5.32 Å². The molecule has 0 bridgehead atoms. The van der Waals surface area contributed by atoms with Gasteiger partial charge in [-0.15, -0.1) is 0 Å². The molecule has 0 spiro atoms. The fourth-order valence-electron chi connectivity index (χ4n) is 2.66. The van der Waals surface area contributed by atoms with Crippen LogP contribution in [0, 0.1) is 0 Å². The van der Waals surface area contributed by atoms with E-state index in [0.717, 1.165) is 6.42 Å². The van der Waals surface area contributed by atoms with Crippen molar-refractivity contribution in [3.05, 3.63) is 24.3 Å². The Labute approximate surface area is 149 Å². The number of hydrogen-bond donors (Lipinski definition) is 1. The molecule has 0 aromatic heterocycles. The molecule has 2 amide bonds. The summed E-state index contributed by atoms with van der Waals surface area (Å²) in [6, 6.07) is 7.40.